The van der Waals surface area contributed by atoms with Crippen LogP contribution in [0.15, 0.2) is 200 Å². The smallest absolute Gasteiger partial charge is 0.269 e. The van der Waals surface area contributed by atoms with Gasteiger partial charge < -0.3 is 9.30 Å². The average Bonchev–Trinajstić information content (AvgIpc) is 4.05. The lowest BCUT2D eigenvalue weighted by Crippen LogP contribution is -2.30. The number of imidazole rings is 1. The molecule has 0 unspecified atom stereocenters. The third kappa shape index (κ3) is 5.25. The van der Waals surface area contributed by atoms with Crippen LogP contribution in [0.5, 0.6) is 11.5 Å². The molecule has 12 aromatic rings. The number of rotatable bonds is 6. The highest BCUT2D eigenvalue weighted by atomic mass is 16.5. The number of fused-ring (bicyclic) bond motifs is 10. The Balaban J connectivity index is 0.920. The molecule has 0 atom stereocenters. The third-order valence-corrected chi connectivity index (χ3v) is 13.1. The second-order valence-electron chi connectivity index (χ2n) is 17.0. The maximum absolute atomic E-state index is 6.77. The van der Waals surface area contributed by atoms with Crippen molar-refractivity contribution in [1.29, 1.82) is 0 Å². The van der Waals surface area contributed by atoms with Crippen molar-refractivity contribution >= 4 is 54.6 Å². The van der Waals surface area contributed by atoms with Gasteiger partial charge in [0.05, 0.1) is 44.5 Å². The van der Waals surface area contributed by atoms with Crippen molar-refractivity contribution in [2.45, 2.75) is 19.3 Å². The van der Waals surface area contributed by atoms with Gasteiger partial charge in [0, 0.05) is 44.9 Å². The molecule has 0 amide bonds. The second-order valence-corrected chi connectivity index (χ2v) is 17.0. The standard InChI is InChI=1S/C57H39N5O/c1-57(2)47-24-9-6-20-41(47)46-34-55(58-35-48(46)57)62-50-26-11-7-21-42(50)44-31-30-40(33-54(44)62)63-39-19-14-18-38(32-39)59-36-60(52-28-13-12-27-51(52)59)53-29-15-23-45-43-22-8-10-25-49(43)61(56(45)53)37-16-4-3-5-17-37/h3-35H,1-2H3. The molecule has 0 aliphatic heterocycles. The van der Waals surface area contributed by atoms with Crippen LogP contribution in [-0.4, -0.2) is 18.7 Å². The fraction of sp³-hybridized carbons (Fsp3) is 0.0526. The predicted molar refractivity (Wildman–Crippen MR) is 254 cm³/mol. The van der Waals surface area contributed by atoms with Crippen LogP contribution in [0.2, 0.25) is 0 Å². The zero-order chi connectivity index (χ0) is 41.8. The summed E-state index contributed by atoms with van der Waals surface area (Å²) in [6, 6.07) is 68.6. The fourth-order valence-corrected chi connectivity index (χ4v) is 10.2. The Morgan fingerprint density at radius 1 is 0.492 bits per heavy atom. The van der Waals surface area contributed by atoms with Crippen LogP contribution < -0.4 is 9.30 Å². The van der Waals surface area contributed by atoms with Crippen molar-refractivity contribution in [3.63, 3.8) is 0 Å². The average molecular weight is 810 g/mol. The number of aromatic nitrogens is 5. The summed E-state index contributed by atoms with van der Waals surface area (Å²) in [5.41, 5.74) is 14.6. The van der Waals surface area contributed by atoms with Crippen molar-refractivity contribution in [1.82, 2.24) is 18.7 Å². The monoisotopic (exact) mass is 809 g/mol. The van der Waals surface area contributed by atoms with Crippen molar-refractivity contribution in [3.8, 4) is 45.5 Å². The van der Waals surface area contributed by atoms with Crippen LogP contribution >= 0.6 is 0 Å². The molecule has 0 fully saturated rings. The van der Waals surface area contributed by atoms with Gasteiger partial charge in [-0.15, -0.1) is 0 Å². The lowest BCUT2D eigenvalue weighted by Gasteiger charge is -2.21. The molecule has 4 aromatic heterocycles. The summed E-state index contributed by atoms with van der Waals surface area (Å²) >= 11 is 0. The molecule has 63 heavy (non-hydrogen) atoms. The minimum absolute atomic E-state index is 0.115. The molecule has 0 bridgehead atoms. The quantitative estimate of drug-likeness (QED) is 0.124. The van der Waals surface area contributed by atoms with Crippen LogP contribution in [0.3, 0.4) is 0 Å². The SMILES string of the molecule is CC1(C)c2ccccc2-c2cc(-n3c4ccccc4c4ccc(Oc5cccc(-n6[c-][n+](-c7cccc8c9ccccc9n(-c9ccccc9)c78)c7ccccc76)c5)cc43)ncc21. The summed E-state index contributed by atoms with van der Waals surface area (Å²) in [5.74, 6) is 2.36. The molecule has 0 radical (unpaired) electrons. The molecule has 1 aliphatic carbocycles. The first-order valence-corrected chi connectivity index (χ1v) is 21.5. The summed E-state index contributed by atoms with van der Waals surface area (Å²) in [4.78, 5) is 5.14. The van der Waals surface area contributed by atoms with Crippen LogP contribution in [0.1, 0.15) is 25.0 Å². The summed E-state index contributed by atoms with van der Waals surface area (Å²) in [6.45, 7) is 4.58. The molecule has 298 valence electrons. The lowest BCUT2D eigenvalue weighted by molar-refractivity contribution is -0.571. The first kappa shape index (κ1) is 35.5. The van der Waals surface area contributed by atoms with Crippen molar-refractivity contribution in [3.05, 3.63) is 218 Å². The molecular weight excluding hydrogens is 771 g/mol. The number of pyridine rings is 1. The molecule has 0 saturated carbocycles. The highest BCUT2D eigenvalue weighted by Crippen LogP contribution is 2.49. The molecule has 1 aliphatic rings. The first-order chi connectivity index (χ1) is 31.0. The Labute approximate surface area is 363 Å². The van der Waals surface area contributed by atoms with Gasteiger partial charge in [-0.1, -0.05) is 135 Å². The number of hydrogen-bond donors (Lipinski definition) is 0. The van der Waals surface area contributed by atoms with E-state index in [4.69, 9.17) is 9.72 Å². The molecule has 6 nitrogen and oxygen atoms in total. The number of nitrogens with zero attached hydrogens (tertiary/aromatic N) is 5. The van der Waals surface area contributed by atoms with E-state index in [0.29, 0.717) is 0 Å². The van der Waals surface area contributed by atoms with Crippen LogP contribution in [-0.2, 0) is 5.41 Å². The van der Waals surface area contributed by atoms with Gasteiger partial charge in [0.15, 0.2) is 0 Å². The van der Waals surface area contributed by atoms with Crippen molar-refractivity contribution in [2.24, 2.45) is 0 Å². The number of hydrogen-bond acceptors (Lipinski definition) is 2. The van der Waals surface area contributed by atoms with E-state index in [-0.39, 0.29) is 5.41 Å². The van der Waals surface area contributed by atoms with E-state index >= 15 is 0 Å². The van der Waals surface area contributed by atoms with Crippen LogP contribution in [0, 0.1) is 6.33 Å². The minimum atomic E-state index is -0.115. The normalized spacial score (nSPS) is 13.0. The van der Waals surface area contributed by atoms with Gasteiger partial charge >= 0.3 is 0 Å². The molecule has 13 rings (SSSR count). The summed E-state index contributed by atoms with van der Waals surface area (Å²) in [6.07, 6.45) is 5.85. The highest BCUT2D eigenvalue weighted by molar-refractivity contribution is 6.12. The van der Waals surface area contributed by atoms with Gasteiger partial charge in [-0.3, -0.25) is 13.7 Å². The summed E-state index contributed by atoms with van der Waals surface area (Å²) < 4.78 is 15.8. The maximum atomic E-state index is 6.77. The summed E-state index contributed by atoms with van der Waals surface area (Å²) in [7, 11) is 0. The Morgan fingerprint density at radius 2 is 1.14 bits per heavy atom. The van der Waals surface area contributed by atoms with Gasteiger partial charge in [0.1, 0.15) is 17.3 Å². The Kier molecular flexibility index (Phi) is 7.55. The molecular formula is C57H39N5O. The van der Waals surface area contributed by atoms with E-state index in [0.717, 1.165) is 72.9 Å². The van der Waals surface area contributed by atoms with E-state index in [1.807, 2.05) is 6.07 Å². The van der Waals surface area contributed by atoms with Gasteiger partial charge in [0.25, 0.3) is 6.33 Å². The van der Waals surface area contributed by atoms with Gasteiger partial charge in [0.2, 0.25) is 0 Å². The molecule has 4 heterocycles. The van der Waals surface area contributed by atoms with Crippen LogP contribution in [0.25, 0.3) is 88.7 Å². The zero-order valence-electron chi connectivity index (χ0n) is 34.7. The van der Waals surface area contributed by atoms with E-state index in [9.17, 15) is 0 Å². The molecule has 0 saturated heterocycles. The van der Waals surface area contributed by atoms with Crippen LogP contribution in [0.4, 0.5) is 0 Å². The van der Waals surface area contributed by atoms with Crippen molar-refractivity contribution in [2.75, 3.05) is 0 Å². The Hall–Kier alpha value is -8.22. The maximum Gasteiger partial charge on any atom is 0.269 e. The minimum Gasteiger partial charge on any atom is -0.458 e. The largest absolute Gasteiger partial charge is 0.458 e. The van der Waals surface area contributed by atoms with E-state index in [1.54, 1.807) is 0 Å². The second kappa shape index (κ2) is 13.4. The number of para-hydroxylation sites is 6. The van der Waals surface area contributed by atoms with Crippen molar-refractivity contribution < 1.29 is 9.30 Å². The molecule has 6 heteroatoms. The van der Waals surface area contributed by atoms with Gasteiger partial charge in [-0.25, -0.2) is 4.98 Å². The van der Waals surface area contributed by atoms with E-state index < -0.39 is 0 Å². The molecule has 0 spiro atoms. The zero-order valence-corrected chi connectivity index (χ0v) is 34.7. The van der Waals surface area contributed by atoms with Gasteiger partial charge in [-0.2, -0.15) is 0 Å². The summed E-state index contributed by atoms with van der Waals surface area (Å²) in [5, 5.41) is 4.72. The lowest BCUT2D eigenvalue weighted by atomic mass is 9.83. The fourth-order valence-electron chi connectivity index (χ4n) is 10.2. The van der Waals surface area contributed by atoms with Gasteiger partial charge in [-0.05, 0) is 89.0 Å². The van der Waals surface area contributed by atoms with E-state index in [2.05, 4.69) is 233 Å². The Morgan fingerprint density at radius 3 is 2.00 bits per heavy atom. The first-order valence-electron chi connectivity index (χ1n) is 21.5. The predicted octanol–water partition coefficient (Wildman–Crippen LogP) is 13.4. The number of ether oxygens (including phenoxy) is 1. The number of benzene rings is 8. The topological polar surface area (TPSA) is 40.8 Å². The Bertz CT molecular complexity index is 3810. The highest BCUT2D eigenvalue weighted by Gasteiger charge is 2.36. The van der Waals surface area contributed by atoms with E-state index in [1.165, 1.54) is 38.4 Å². The third-order valence-electron chi connectivity index (χ3n) is 13.1. The molecule has 8 aromatic carbocycles. The molecule has 0 N–H and O–H groups in total.